The lowest BCUT2D eigenvalue weighted by Gasteiger charge is -2.50. The highest BCUT2D eigenvalue weighted by atomic mass is 16.4. The van der Waals surface area contributed by atoms with Gasteiger partial charge in [0.25, 0.3) is 5.91 Å². The summed E-state index contributed by atoms with van der Waals surface area (Å²) in [6.07, 6.45) is 8.66. The predicted molar refractivity (Wildman–Crippen MR) is 187 cm³/mol. The van der Waals surface area contributed by atoms with Gasteiger partial charge < -0.3 is 19.7 Å². The average molecular weight is 653 g/mol. The number of carbonyl (C=O) groups is 3. The lowest BCUT2D eigenvalue weighted by atomic mass is 9.58. The van der Waals surface area contributed by atoms with Gasteiger partial charge in [-0.05, 0) is 65.6 Å². The Morgan fingerprint density at radius 1 is 0.857 bits per heavy atom. The summed E-state index contributed by atoms with van der Waals surface area (Å²) in [5.41, 5.74) is 6.62. The van der Waals surface area contributed by atoms with Gasteiger partial charge >= 0.3 is 11.9 Å². The van der Waals surface area contributed by atoms with Gasteiger partial charge in [-0.15, -0.1) is 0 Å². The number of carboxylic acids is 2. The maximum atomic E-state index is 14.5. The highest BCUT2D eigenvalue weighted by molar-refractivity contribution is 6.01. The van der Waals surface area contributed by atoms with Gasteiger partial charge in [0.15, 0.2) is 0 Å². The number of aromatic carboxylic acids is 2. The molecule has 1 aliphatic heterocycles. The summed E-state index contributed by atoms with van der Waals surface area (Å²) in [5, 5.41) is 19.0. The number of carbonyl (C=O) groups excluding carboxylic acids is 1. The van der Waals surface area contributed by atoms with Crippen LogP contribution < -0.4 is 0 Å². The van der Waals surface area contributed by atoms with Crippen LogP contribution in [0.25, 0.3) is 28.0 Å². The maximum absolute atomic E-state index is 14.5. The average Bonchev–Trinajstić information content (AvgIpc) is 3.45. The van der Waals surface area contributed by atoms with E-state index in [2.05, 4.69) is 37.9 Å². The van der Waals surface area contributed by atoms with E-state index >= 15 is 0 Å². The van der Waals surface area contributed by atoms with Crippen molar-refractivity contribution in [2.24, 2.45) is 10.8 Å². The molecule has 1 amide bonds. The molecule has 9 nitrogen and oxygen atoms in total. The van der Waals surface area contributed by atoms with Crippen molar-refractivity contribution < 1.29 is 24.6 Å². The first-order chi connectivity index (χ1) is 23.5. The standard InChI is InChI=1S/C40H36N4O5/c1-39(2)31(26-10-12-27(13-11-26)37(46)47)16-18-40(3)24-43(20-17-34(39)40)36(45)30-9-5-4-8-29(30)35-42-32-21-28(38(48)49)14-15-33(32)44(35)23-25-7-6-19-41-22-25/h4-17,19,21-22H,18,20,23-24H2,1-3H3,(H,46,47)(H,48,49)/t40-/m1/s1. The molecule has 0 fully saturated rings. The van der Waals surface area contributed by atoms with E-state index in [0.29, 0.717) is 42.1 Å². The smallest absolute Gasteiger partial charge is 0.335 e. The van der Waals surface area contributed by atoms with Gasteiger partial charge in [0, 0.05) is 41.9 Å². The van der Waals surface area contributed by atoms with Crippen molar-refractivity contribution in [3.8, 4) is 11.4 Å². The van der Waals surface area contributed by atoms with E-state index < -0.39 is 11.9 Å². The van der Waals surface area contributed by atoms with Crippen LogP contribution in [-0.2, 0) is 6.54 Å². The van der Waals surface area contributed by atoms with E-state index in [1.165, 1.54) is 5.57 Å². The van der Waals surface area contributed by atoms with Crippen molar-refractivity contribution >= 4 is 34.5 Å². The lowest BCUT2D eigenvalue weighted by molar-refractivity contribution is 0.0678. The van der Waals surface area contributed by atoms with Crippen LogP contribution in [0, 0.1) is 10.8 Å². The number of imidazole rings is 1. The van der Waals surface area contributed by atoms with Crippen LogP contribution in [0.5, 0.6) is 0 Å². The van der Waals surface area contributed by atoms with Gasteiger partial charge in [-0.1, -0.05) is 74.9 Å². The van der Waals surface area contributed by atoms with Crippen LogP contribution in [-0.4, -0.2) is 60.6 Å². The summed E-state index contributed by atoms with van der Waals surface area (Å²) < 4.78 is 2.01. The third kappa shape index (κ3) is 5.61. The number of hydrogen-bond acceptors (Lipinski definition) is 5. The van der Waals surface area contributed by atoms with Crippen molar-refractivity contribution in [2.75, 3.05) is 13.1 Å². The summed E-state index contributed by atoms with van der Waals surface area (Å²) in [5.74, 6) is -1.51. The summed E-state index contributed by atoms with van der Waals surface area (Å²) in [4.78, 5) is 48.8. The molecule has 2 N–H and O–H groups in total. The third-order valence-corrected chi connectivity index (χ3v) is 10.00. The van der Waals surface area contributed by atoms with E-state index in [1.807, 2.05) is 58.0 Å². The molecule has 1 atom stereocenters. The zero-order valence-corrected chi connectivity index (χ0v) is 27.6. The number of allylic oxidation sites excluding steroid dienone is 2. The lowest BCUT2D eigenvalue weighted by Crippen LogP contribution is -2.48. The van der Waals surface area contributed by atoms with Crippen LogP contribution in [0.15, 0.2) is 109 Å². The van der Waals surface area contributed by atoms with Gasteiger partial charge in [-0.25, -0.2) is 14.6 Å². The molecule has 3 heterocycles. The molecule has 3 aromatic carbocycles. The molecule has 9 heteroatoms. The Labute approximate surface area is 283 Å². The number of hydrogen-bond donors (Lipinski definition) is 2. The Hall–Kier alpha value is -5.83. The van der Waals surface area contributed by atoms with Crippen LogP contribution in [0.3, 0.4) is 0 Å². The van der Waals surface area contributed by atoms with Crippen molar-refractivity contribution in [2.45, 2.75) is 33.7 Å². The van der Waals surface area contributed by atoms with Crippen molar-refractivity contribution in [3.63, 3.8) is 0 Å². The molecule has 0 saturated heterocycles. The second-order valence-corrected chi connectivity index (χ2v) is 13.6. The van der Waals surface area contributed by atoms with E-state index in [1.54, 1.807) is 42.7 Å². The topological polar surface area (TPSA) is 126 Å². The number of nitrogens with zero attached hydrogens (tertiary/aromatic N) is 4. The zero-order chi connectivity index (χ0) is 34.5. The molecule has 0 unspecified atom stereocenters. The van der Waals surface area contributed by atoms with E-state index in [9.17, 15) is 24.6 Å². The first-order valence-corrected chi connectivity index (χ1v) is 16.2. The minimum Gasteiger partial charge on any atom is -0.478 e. The largest absolute Gasteiger partial charge is 0.478 e. The number of fused-ring (bicyclic) bond motifs is 2. The Balaban J connectivity index is 1.23. The Bertz CT molecular complexity index is 2200. The molecule has 246 valence electrons. The predicted octanol–water partition coefficient (Wildman–Crippen LogP) is 7.45. The first-order valence-electron chi connectivity index (χ1n) is 16.2. The minimum absolute atomic E-state index is 0.102. The normalized spacial score (nSPS) is 18.4. The molecule has 2 aromatic heterocycles. The zero-order valence-electron chi connectivity index (χ0n) is 27.6. The molecular formula is C40H36N4O5. The number of carboxylic acid groups (broad SMARTS) is 2. The van der Waals surface area contributed by atoms with E-state index in [0.717, 1.165) is 28.6 Å². The minimum atomic E-state index is -1.03. The Kier molecular flexibility index (Phi) is 7.78. The van der Waals surface area contributed by atoms with Gasteiger partial charge in [0.2, 0.25) is 0 Å². The van der Waals surface area contributed by atoms with Crippen LogP contribution in [0.2, 0.25) is 0 Å². The third-order valence-electron chi connectivity index (χ3n) is 10.00. The maximum Gasteiger partial charge on any atom is 0.335 e. The number of amides is 1. The van der Waals surface area contributed by atoms with Crippen molar-refractivity contribution in [1.82, 2.24) is 19.4 Å². The second-order valence-electron chi connectivity index (χ2n) is 13.6. The fourth-order valence-corrected chi connectivity index (χ4v) is 7.69. The van der Waals surface area contributed by atoms with Gasteiger partial charge in [-0.3, -0.25) is 9.78 Å². The molecule has 0 saturated carbocycles. The van der Waals surface area contributed by atoms with Gasteiger partial charge in [0.1, 0.15) is 5.82 Å². The summed E-state index contributed by atoms with van der Waals surface area (Å²) in [6, 6.07) is 23.3. The van der Waals surface area contributed by atoms with Crippen LogP contribution >= 0.6 is 0 Å². The second kappa shape index (κ2) is 12.0. The van der Waals surface area contributed by atoms with Gasteiger partial charge in [-0.2, -0.15) is 0 Å². The first kappa shape index (κ1) is 31.8. The Morgan fingerprint density at radius 3 is 2.31 bits per heavy atom. The van der Waals surface area contributed by atoms with Crippen molar-refractivity contribution in [3.05, 3.63) is 137 Å². The van der Waals surface area contributed by atoms with Crippen LogP contribution in [0.4, 0.5) is 0 Å². The molecule has 2 aliphatic rings. The molecule has 5 aromatic rings. The number of pyridine rings is 1. The number of aromatic nitrogens is 3. The highest BCUT2D eigenvalue weighted by Crippen LogP contribution is 2.55. The molecule has 0 bridgehead atoms. The van der Waals surface area contributed by atoms with E-state index in [-0.39, 0.29) is 27.9 Å². The molecule has 49 heavy (non-hydrogen) atoms. The summed E-state index contributed by atoms with van der Waals surface area (Å²) in [6.45, 7) is 8.02. The molecular weight excluding hydrogens is 616 g/mol. The molecule has 7 rings (SSSR count). The van der Waals surface area contributed by atoms with Crippen LogP contribution in [0.1, 0.15) is 69.4 Å². The number of rotatable bonds is 7. The summed E-state index contributed by atoms with van der Waals surface area (Å²) >= 11 is 0. The SMILES string of the molecule is CC1(C)C(c2ccc(C(=O)O)cc2)=CC[C@]2(C)CN(C(=O)c3ccccc3-c3nc4cc(C(=O)O)ccc4n3Cc3cccnc3)CC=C12. The summed E-state index contributed by atoms with van der Waals surface area (Å²) in [7, 11) is 0. The molecule has 0 radical (unpaired) electrons. The molecule has 0 spiro atoms. The van der Waals surface area contributed by atoms with Crippen molar-refractivity contribution in [1.29, 1.82) is 0 Å². The quantitative estimate of drug-likeness (QED) is 0.175. The highest BCUT2D eigenvalue weighted by Gasteiger charge is 2.46. The Morgan fingerprint density at radius 2 is 1.59 bits per heavy atom. The van der Waals surface area contributed by atoms with Gasteiger partial charge in [0.05, 0.1) is 34.3 Å². The molecule has 1 aliphatic carbocycles. The fraction of sp³-hybridized carbons (Fsp3) is 0.225. The monoisotopic (exact) mass is 652 g/mol. The van der Waals surface area contributed by atoms with E-state index in [4.69, 9.17) is 4.98 Å². The number of benzene rings is 3. The fourth-order valence-electron chi connectivity index (χ4n) is 7.69.